The Hall–Kier alpha value is -2.97. The molecule has 0 aliphatic carbocycles. The van der Waals surface area contributed by atoms with E-state index in [0.29, 0.717) is 5.69 Å². The molecule has 9 heteroatoms. The first-order valence-corrected chi connectivity index (χ1v) is 6.86. The van der Waals surface area contributed by atoms with E-state index >= 15 is 0 Å². The number of rotatable bonds is 3. The Morgan fingerprint density at radius 2 is 2.26 bits per heavy atom. The molecule has 120 valence electrons. The van der Waals surface area contributed by atoms with Crippen molar-refractivity contribution in [3.05, 3.63) is 30.7 Å². The van der Waals surface area contributed by atoms with Crippen molar-refractivity contribution in [2.24, 2.45) is 0 Å². The van der Waals surface area contributed by atoms with Gasteiger partial charge in [-0.05, 0) is 12.1 Å². The highest BCUT2D eigenvalue weighted by Crippen LogP contribution is 2.22. The Morgan fingerprint density at radius 3 is 2.96 bits per heavy atom. The average molecular weight is 320 g/mol. The SMILES string of the molecule is O=C(Nc1cccc(-c2ncco2)n1)[C@@H]1C[C@@H](F)CN1C(=O)O. The molecular weight excluding hydrogens is 307 g/mol. The number of halogens is 1. The third kappa shape index (κ3) is 3.12. The Kier molecular flexibility index (Phi) is 3.92. The van der Waals surface area contributed by atoms with E-state index in [9.17, 15) is 14.0 Å². The molecule has 1 aliphatic rings. The van der Waals surface area contributed by atoms with Crippen molar-refractivity contribution in [2.45, 2.75) is 18.6 Å². The number of oxazole rings is 1. The Labute approximate surface area is 129 Å². The van der Waals surface area contributed by atoms with Crippen molar-refractivity contribution >= 4 is 17.8 Å². The second-order valence-corrected chi connectivity index (χ2v) is 5.02. The number of nitrogens with zero attached hydrogens (tertiary/aromatic N) is 3. The predicted molar refractivity (Wildman–Crippen MR) is 76.4 cm³/mol. The van der Waals surface area contributed by atoms with Crippen LogP contribution in [0.1, 0.15) is 6.42 Å². The fourth-order valence-corrected chi connectivity index (χ4v) is 2.43. The van der Waals surface area contributed by atoms with Crippen LogP contribution in [0.3, 0.4) is 0 Å². The topological polar surface area (TPSA) is 109 Å². The second kappa shape index (κ2) is 6.03. The van der Waals surface area contributed by atoms with Gasteiger partial charge in [-0.3, -0.25) is 9.69 Å². The molecule has 0 radical (unpaired) electrons. The number of aromatic nitrogens is 2. The Morgan fingerprint density at radius 1 is 1.43 bits per heavy atom. The maximum atomic E-state index is 13.4. The fourth-order valence-electron chi connectivity index (χ4n) is 2.43. The van der Waals surface area contributed by atoms with Gasteiger partial charge >= 0.3 is 6.09 Å². The maximum Gasteiger partial charge on any atom is 0.408 e. The van der Waals surface area contributed by atoms with Crippen LogP contribution in [-0.2, 0) is 4.79 Å². The van der Waals surface area contributed by atoms with Crippen LogP contribution >= 0.6 is 0 Å². The summed E-state index contributed by atoms with van der Waals surface area (Å²) in [6.45, 7) is -0.308. The third-order valence-corrected chi connectivity index (χ3v) is 3.45. The van der Waals surface area contributed by atoms with E-state index in [0.717, 1.165) is 4.90 Å². The molecule has 0 spiro atoms. The highest BCUT2D eigenvalue weighted by Gasteiger charge is 2.40. The number of hydrogen-bond donors (Lipinski definition) is 2. The molecule has 2 N–H and O–H groups in total. The summed E-state index contributed by atoms with van der Waals surface area (Å²) >= 11 is 0. The molecule has 0 unspecified atom stereocenters. The van der Waals surface area contributed by atoms with Gasteiger partial charge in [0, 0.05) is 6.42 Å². The van der Waals surface area contributed by atoms with Crippen molar-refractivity contribution in [2.75, 3.05) is 11.9 Å². The van der Waals surface area contributed by atoms with Gasteiger partial charge in [-0.2, -0.15) is 0 Å². The standard InChI is InChI=1S/C14H13FN4O4/c15-8-6-10(19(7-8)14(21)22)12(20)18-11-3-1-2-9(17-11)13-16-4-5-23-13/h1-5,8,10H,6-7H2,(H,21,22)(H,17,18,20)/t8-,10+/m1/s1. The van der Waals surface area contributed by atoms with E-state index in [1.165, 1.54) is 18.5 Å². The van der Waals surface area contributed by atoms with Crippen LogP contribution in [0.15, 0.2) is 35.1 Å². The van der Waals surface area contributed by atoms with Gasteiger partial charge in [0.1, 0.15) is 30.0 Å². The van der Waals surface area contributed by atoms with Crippen LogP contribution in [0.2, 0.25) is 0 Å². The minimum atomic E-state index is -1.35. The van der Waals surface area contributed by atoms with Gasteiger partial charge in [-0.1, -0.05) is 6.07 Å². The predicted octanol–water partition coefficient (Wildman–Crippen LogP) is 1.77. The van der Waals surface area contributed by atoms with Gasteiger partial charge in [0.2, 0.25) is 11.8 Å². The summed E-state index contributed by atoms with van der Waals surface area (Å²) in [5.74, 6) is -0.124. The summed E-state index contributed by atoms with van der Waals surface area (Å²) in [5, 5.41) is 11.5. The van der Waals surface area contributed by atoms with Gasteiger partial charge in [0.05, 0.1) is 12.7 Å². The van der Waals surface area contributed by atoms with E-state index in [-0.39, 0.29) is 24.7 Å². The zero-order valence-corrected chi connectivity index (χ0v) is 11.8. The van der Waals surface area contributed by atoms with Crippen LogP contribution in [0, 0.1) is 0 Å². The summed E-state index contributed by atoms with van der Waals surface area (Å²) in [6, 6.07) is 3.76. The third-order valence-electron chi connectivity index (χ3n) is 3.45. The minimum Gasteiger partial charge on any atom is -0.465 e. The number of carbonyl (C=O) groups excluding carboxylic acids is 1. The van der Waals surface area contributed by atoms with Gasteiger partial charge in [0.15, 0.2) is 0 Å². The van der Waals surface area contributed by atoms with Crippen molar-refractivity contribution in [3.8, 4) is 11.6 Å². The van der Waals surface area contributed by atoms with Crippen molar-refractivity contribution in [1.29, 1.82) is 0 Å². The first-order valence-electron chi connectivity index (χ1n) is 6.86. The molecule has 3 rings (SSSR count). The van der Waals surface area contributed by atoms with Gasteiger partial charge in [0.25, 0.3) is 0 Å². The molecule has 2 aromatic heterocycles. The van der Waals surface area contributed by atoms with Crippen molar-refractivity contribution < 1.29 is 23.5 Å². The Bertz CT molecular complexity index is 721. The van der Waals surface area contributed by atoms with E-state index in [2.05, 4.69) is 15.3 Å². The summed E-state index contributed by atoms with van der Waals surface area (Å²) in [7, 11) is 0. The quantitative estimate of drug-likeness (QED) is 0.892. The molecule has 1 fully saturated rings. The molecule has 0 saturated carbocycles. The van der Waals surface area contributed by atoms with Gasteiger partial charge in [-0.25, -0.2) is 19.2 Å². The number of carbonyl (C=O) groups is 2. The Balaban J connectivity index is 1.75. The summed E-state index contributed by atoms with van der Waals surface area (Å²) in [5.41, 5.74) is 0.415. The van der Waals surface area contributed by atoms with E-state index < -0.39 is 24.2 Å². The zero-order valence-electron chi connectivity index (χ0n) is 11.8. The molecule has 1 saturated heterocycles. The number of likely N-dealkylation sites (tertiary alicyclic amines) is 1. The molecule has 3 heterocycles. The number of hydrogen-bond acceptors (Lipinski definition) is 5. The summed E-state index contributed by atoms with van der Waals surface area (Å²) < 4.78 is 18.5. The maximum absolute atomic E-state index is 13.4. The molecule has 2 amide bonds. The minimum absolute atomic E-state index is 0.169. The van der Waals surface area contributed by atoms with Crippen molar-refractivity contribution in [3.63, 3.8) is 0 Å². The number of amides is 2. The molecular formula is C14H13FN4O4. The first kappa shape index (κ1) is 14.9. The van der Waals surface area contributed by atoms with Crippen LogP contribution in [0.25, 0.3) is 11.6 Å². The van der Waals surface area contributed by atoms with E-state index in [4.69, 9.17) is 9.52 Å². The highest BCUT2D eigenvalue weighted by molar-refractivity contribution is 5.96. The summed E-state index contributed by atoms with van der Waals surface area (Å²) in [4.78, 5) is 32.2. The molecule has 1 aliphatic heterocycles. The number of alkyl halides is 1. The lowest BCUT2D eigenvalue weighted by Gasteiger charge is -2.19. The molecule has 23 heavy (non-hydrogen) atoms. The highest BCUT2D eigenvalue weighted by atomic mass is 19.1. The molecule has 8 nitrogen and oxygen atoms in total. The van der Waals surface area contributed by atoms with Gasteiger partial charge in [-0.15, -0.1) is 0 Å². The van der Waals surface area contributed by atoms with Gasteiger partial charge < -0.3 is 14.8 Å². The second-order valence-electron chi connectivity index (χ2n) is 5.02. The lowest BCUT2D eigenvalue weighted by atomic mass is 10.2. The smallest absolute Gasteiger partial charge is 0.408 e. The van der Waals surface area contributed by atoms with Crippen molar-refractivity contribution in [1.82, 2.24) is 14.9 Å². The molecule has 0 bridgehead atoms. The van der Waals surface area contributed by atoms with Crippen LogP contribution < -0.4 is 5.32 Å². The van der Waals surface area contributed by atoms with E-state index in [1.807, 2.05) is 0 Å². The first-order chi connectivity index (χ1) is 11.0. The van der Waals surface area contributed by atoms with Crippen LogP contribution in [0.4, 0.5) is 15.0 Å². The monoisotopic (exact) mass is 320 g/mol. The molecule has 2 aromatic rings. The van der Waals surface area contributed by atoms with Crippen LogP contribution in [-0.4, -0.2) is 50.7 Å². The lowest BCUT2D eigenvalue weighted by Crippen LogP contribution is -2.42. The normalized spacial score (nSPS) is 20.5. The lowest BCUT2D eigenvalue weighted by molar-refractivity contribution is -0.120. The molecule has 2 atom stereocenters. The molecule has 0 aromatic carbocycles. The number of carboxylic acid groups (broad SMARTS) is 1. The number of pyridine rings is 1. The average Bonchev–Trinajstić information content (AvgIpc) is 3.16. The summed E-state index contributed by atoms with van der Waals surface area (Å²) in [6.07, 6.45) is 0.0116. The zero-order chi connectivity index (χ0) is 16.4. The van der Waals surface area contributed by atoms with Crippen LogP contribution in [0.5, 0.6) is 0 Å². The largest absolute Gasteiger partial charge is 0.465 e. The fraction of sp³-hybridized carbons (Fsp3) is 0.286. The number of anilines is 1. The van der Waals surface area contributed by atoms with E-state index in [1.54, 1.807) is 12.1 Å². The number of nitrogens with one attached hydrogen (secondary N) is 1.